The third-order valence-corrected chi connectivity index (χ3v) is 5.19. The smallest absolute Gasteiger partial charge is 0.310 e. The molecule has 9 heteroatoms. The Morgan fingerprint density at radius 3 is 2.32 bits per heavy atom. The van der Waals surface area contributed by atoms with Crippen molar-refractivity contribution in [2.24, 2.45) is 0 Å². The Kier molecular flexibility index (Phi) is 4.77. The highest BCUT2D eigenvalue weighted by molar-refractivity contribution is 7.99. The SMILES string of the molecule is CCSc1ccc(NS(=O)(=O)c2c(C)[nH]c(=O)[nH]c2=O)cc1. The van der Waals surface area contributed by atoms with Gasteiger partial charge in [-0.25, -0.2) is 13.2 Å². The molecule has 1 aromatic heterocycles. The summed E-state index contributed by atoms with van der Waals surface area (Å²) in [4.78, 5) is 27.5. The highest BCUT2D eigenvalue weighted by Gasteiger charge is 2.22. The second-order valence-electron chi connectivity index (χ2n) is 4.43. The fourth-order valence-corrected chi connectivity index (χ4v) is 3.86. The lowest BCUT2D eigenvalue weighted by atomic mass is 10.3. The molecule has 0 saturated heterocycles. The average molecular weight is 341 g/mol. The van der Waals surface area contributed by atoms with Gasteiger partial charge < -0.3 is 4.98 Å². The van der Waals surface area contributed by atoms with E-state index in [0.29, 0.717) is 5.69 Å². The van der Waals surface area contributed by atoms with Crippen LogP contribution < -0.4 is 16.0 Å². The molecule has 7 nitrogen and oxygen atoms in total. The van der Waals surface area contributed by atoms with Crippen LogP contribution in [0.15, 0.2) is 43.6 Å². The maximum Gasteiger partial charge on any atom is 0.325 e. The number of aromatic amines is 2. The summed E-state index contributed by atoms with van der Waals surface area (Å²) in [6, 6.07) is 6.81. The third kappa shape index (κ3) is 3.60. The van der Waals surface area contributed by atoms with Gasteiger partial charge in [-0.15, -0.1) is 11.8 Å². The summed E-state index contributed by atoms with van der Waals surface area (Å²) in [5.41, 5.74) is -1.38. The van der Waals surface area contributed by atoms with E-state index >= 15 is 0 Å². The normalized spacial score (nSPS) is 11.4. The van der Waals surface area contributed by atoms with Crippen LogP contribution in [0.25, 0.3) is 0 Å². The fraction of sp³-hybridized carbons (Fsp3) is 0.231. The molecule has 2 aromatic rings. The maximum absolute atomic E-state index is 12.3. The standard InChI is InChI=1S/C13H15N3O4S2/c1-3-21-10-6-4-9(5-7-10)16-22(19,20)11-8(2)14-13(18)15-12(11)17/h4-7,16H,3H2,1-2H3,(H2,14,15,17,18). The molecule has 0 aliphatic carbocycles. The van der Waals surface area contributed by atoms with Gasteiger partial charge in [0.15, 0.2) is 4.90 Å². The zero-order chi connectivity index (χ0) is 16.3. The van der Waals surface area contributed by atoms with E-state index in [1.165, 1.54) is 6.92 Å². The van der Waals surface area contributed by atoms with E-state index < -0.39 is 26.2 Å². The van der Waals surface area contributed by atoms with Gasteiger partial charge in [0, 0.05) is 16.3 Å². The van der Waals surface area contributed by atoms with Crippen LogP contribution >= 0.6 is 11.8 Å². The molecule has 2 rings (SSSR count). The molecule has 0 atom stereocenters. The van der Waals surface area contributed by atoms with Crippen molar-refractivity contribution in [3.63, 3.8) is 0 Å². The summed E-state index contributed by atoms with van der Waals surface area (Å²) in [6.45, 7) is 3.37. The van der Waals surface area contributed by atoms with Crippen molar-refractivity contribution in [1.29, 1.82) is 0 Å². The number of hydrogen-bond donors (Lipinski definition) is 3. The second kappa shape index (κ2) is 6.41. The van der Waals surface area contributed by atoms with E-state index in [9.17, 15) is 18.0 Å². The van der Waals surface area contributed by atoms with Gasteiger partial charge in [0.25, 0.3) is 15.6 Å². The average Bonchev–Trinajstić information content (AvgIpc) is 2.39. The Hall–Kier alpha value is -2.00. The molecule has 118 valence electrons. The molecule has 0 amide bonds. The minimum atomic E-state index is -4.09. The summed E-state index contributed by atoms with van der Waals surface area (Å²) in [7, 11) is -4.09. The van der Waals surface area contributed by atoms with Gasteiger partial charge >= 0.3 is 5.69 Å². The zero-order valence-corrected chi connectivity index (χ0v) is 13.6. The van der Waals surface area contributed by atoms with Gasteiger partial charge in [0.05, 0.1) is 0 Å². The Bertz CT molecular complexity index is 883. The molecule has 3 N–H and O–H groups in total. The molecule has 1 aromatic carbocycles. The number of anilines is 1. The van der Waals surface area contributed by atoms with Crippen molar-refractivity contribution < 1.29 is 8.42 Å². The molecule has 0 saturated carbocycles. The van der Waals surface area contributed by atoms with Crippen molar-refractivity contribution in [2.45, 2.75) is 23.6 Å². The molecule has 1 heterocycles. The highest BCUT2D eigenvalue weighted by atomic mass is 32.2. The van der Waals surface area contributed by atoms with Gasteiger partial charge in [0.2, 0.25) is 0 Å². The first-order chi connectivity index (χ1) is 10.3. The number of aryl methyl sites for hydroxylation is 1. The molecule has 22 heavy (non-hydrogen) atoms. The number of thioether (sulfide) groups is 1. The molecule has 0 unspecified atom stereocenters. The largest absolute Gasteiger partial charge is 0.325 e. The first kappa shape index (κ1) is 16.4. The minimum absolute atomic E-state index is 0.0144. The number of benzene rings is 1. The zero-order valence-electron chi connectivity index (χ0n) is 12.0. The van der Waals surface area contributed by atoms with E-state index in [2.05, 4.69) is 9.71 Å². The van der Waals surface area contributed by atoms with Gasteiger partial charge in [-0.1, -0.05) is 6.92 Å². The van der Waals surface area contributed by atoms with Crippen LogP contribution in [0.5, 0.6) is 0 Å². The Balaban J connectivity index is 2.36. The van der Waals surface area contributed by atoms with Crippen molar-refractivity contribution in [1.82, 2.24) is 9.97 Å². The first-order valence-electron chi connectivity index (χ1n) is 6.42. The van der Waals surface area contributed by atoms with Crippen molar-refractivity contribution in [3.8, 4) is 0 Å². The quantitative estimate of drug-likeness (QED) is 0.709. The van der Waals surface area contributed by atoms with Gasteiger partial charge in [-0.05, 0) is 36.9 Å². The van der Waals surface area contributed by atoms with Crippen LogP contribution in [-0.2, 0) is 10.0 Å². The summed E-state index contributed by atoms with van der Waals surface area (Å²) < 4.78 is 26.9. The summed E-state index contributed by atoms with van der Waals surface area (Å²) in [5.74, 6) is 0.914. The van der Waals surface area contributed by atoms with Crippen LogP contribution in [0.3, 0.4) is 0 Å². The molecule has 0 bridgehead atoms. The Labute approximate surface area is 131 Å². The van der Waals surface area contributed by atoms with E-state index in [1.807, 2.05) is 11.9 Å². The predicted octanol–water partition coefficient (Wildman–Crippen LogP) is 1.28. The molecule has 0 radical (unpaired) electrons. The fourth-order valence-electron chi connectivity index (χ4n) is 1.90. The summed E-state index contributed by atoms with van der Waals surface area (Å²) >= 11 is 1.63. The number of sulfonamides is 1. The maximum atomic E-state index is 12.3. The minimum Gasteiger partial charge on any atom is -0.310 e. The Morgan fingerprint density at radius 1 is 1.14 bits per heavy atom. The molecule has 0 fully saturated rings. The number of aromatic nitrogens is 2. The van der Waals surface area contributed by atoms with Gasteiger partial charge in [0.1, 0.15) is 0 Å². The molecule has 0 aliphatic rings. The second-order valence-corrected chi connectivity index (χ2v) is 7.38. The number of hydrogen-bond acceptors (Lipinski definition) is 5. The Morgan fingerprint density at radius 2 is 1.77 bits per heavy atom. The molecular formula is C13H15N3O4S2. The van der Waals surface area contributed by atoms with Crippen LogP contribution in [0.4, 0.5) is 5.69 Å². The predicted molar refractivity (Wildman–Crippen MR) is 86.1 cm³/mol. The van der Waals surface area contributed by atoms with E-state index in [0.717, 1.165) is 10.6 Å². The number of nitrogens with one attached hydrogen (secondary N) is 3. The lowest BCUT2D eigenvalue weighted by Gasteiger charge is -2.09. The summed E-state index contributed by atoms with van der Waals surface area (Å²) in [6.07, 6.45) is 0. The van der Waals surface area contributed by atoms with Gasteiger partial charge in [-0.2, -0.15) is 0 Å². The van der Waals surface area contributed by atoms with Crippen molar-refractivity contribution in [3.05, 3.63) is 50.8 Å². The first-order valence-corrected chi connectivity index (χ1v) is 8.89. The van der Waals surface area contributed by atoms with E-state index in [4.69, 9.17) is 0 Å². The molecule has 0 aliphatic heterocycles. The van der Waals surface area contributed by atoms with Crippen LogP contribution in [0, 0.1) is 6.92 Å². The van der Waals surface area contributed by atoms with Crippen LogP contribution in [0.1, 0.15) is 12.6 Å². The molecular weight excluding hydrogens is 326 g/mol. The highest BCUT2D eigenvalue weighted by Crippen LogP contribution is 2.21. The summed E-state index contributed by atoms with van der Waals surface area (Å²) in [5, 5.41) is 0. The van der Waals surface area contributed by atoms with Crippen LogP contribution in [0.2, 0.25) is 0 Å². The lowest BCUT2D eigenvalue weighted by molar-refractivity contribution is 0.598. The van der Waals surface area contributed by atoms with Crippen molar-refractivity contribution in [2.75, 3.05) is 10.5 Å². The number of rotatable bonds is 5. The van der Waals surface area contributed by atoms with Crippen molar-refractivity contribution >= 4 is 27.5 Å². The van der Waals surface area contributed by atoms with E-state index in [-0.39, 0.29) is 5.69 Å². The molecule has 0 spiro atoms. The third-order valence-electron chi connectivity index (χ3n) is 2.76. The van der Waals surface area contributed by atoms with E-state index in [1.54, 1.807) is 36.0 Å². The monoisotopic (exact) mass is 341 g/mol. The lowest BCUT2D eigenvalue weighted by Crippen LogP contribution is -2.31. The number of H-pyrrole nitrogens is 2. The topological polar surface area (TPSA) is 112 Å². The van der Waals surface area contributed by atoms with Gasteiger partial charge in [-0.3, -0.25) is 14.5 Å². The van der Waals surface area contributed by atoms with Crippen LogP contribution in [-0.4, -0.2) is 24.1 Å².